The van der Waals surface area contributed by atoms with Crippen LogP contribution in [-0.2, 0) is 28.6 Å². The lowest BCUT2D eigenvalue weighted by Gasteiger charge is -2.18. The van der Waals surface area contributed by atoms with Gasteiger partial charge in [0.05, 0.1) is 0 Å². The Morgan fingerprint density at radius 1 is 0.328 bits per heavy atom. The molecule has 0 aliphatic heterocycles. The Balaban J connectivity index is 4.23. The molecule has 0 aromatic carbocycles. The molecule has 0 radical (unpaired) electrons. The van der Waals surface area contributed by atoms with E-state index in [1.807, 2.05) is 0 Å². The Morgan fingerprint density at radius 2 is 0.569 bits per heavy atom. The predicted octanol–water partition coefficient (Wildman–Crippen LogP) is 16.7. The molecule has 0 unspecified atom stereocenters. The van der Waals surface area contributed by atoms with Crippen molar-refractivity contribution in [2.24, 2.45) is 5.92 Å². The third-order valence-corrected chi connectivity index (χ3v) is 11.8. The van der Waals surface area contributed by atoms with Gasteiger partial charge in [-0.3, -0.25) is 14.4 Å². The number of unbranched alkanes of at least 4 members (excludes halogenated alkanes) is 34. The molecule has 0 rings (SSSR count). The van der Waals surface area contributed by atoms with Crippen LogP contribution in [0.5, 0.6) is 0 Å². The highest BCUT2D eigenvalue weighted by molar-refractivity contribution is 5.71. The summed E-state index contributed by atoms with van der Waals surface area (Å²) in [6, 6.07) is 0. The lowest BCUT2D eigenvalue weighted by Crippen LogP contribution is -2.30. The van der Waals surface area contributed by atoms with E-state index in [0.717, 1.165) is 63.7 Å². The molecule has 0 N–H and O–H groups in total. The number of hydrogen-bond donors (Lipinski definition) is 0. The van der Waals surface area contributed by atoms with Gasteiger partial charge in [0.2, 0.25) is 0 Å². The molecule has 0 bridgehead atoms. The van der Waals surface area contributed by atoms with Gasteiger partial charge in [0, 0.05) is 19.3 Å². The van der Waals surface area contributed by atoms with Crippen LogP contribution in [0, 0.1) is 5.92 Å². The Kier molecular flexibility index (Phi) is 45.2. The van der Waals surface area contributed by atoms with Crippen molar-refractivity contribution in [2.45, 2.75) is 297 Å². The van der Waals surface area contributed by atoms with Gasteiger partial charge in [0.25, 0.3) is 0 Å². The lowest BCUT2D eigenvalue weighted by atomic mass is 10.0. The third kappa shape index (κ3) is 45.5. The average molecular weight is 821 g/mol. The van der Waals surface area contributed by atoms with Crippen LogP contribution >= 0.6 is 0 Å². The summed E-state index contributed by atoms with van der Waals surface area (Å²) < 4.78 is 16.8. The number of carbonyl (C=O) groups excluding carboxylic acids is 3. The molecule has 0 aliphatic rings. The molecule has 0 saturated carbocycles. The Labute approximate surface area is 361 Å². The number of hydrogen-bond acceptors (Lipinski definition) is 6. The normalized spacial score (nSPS) is 11.9. The Hall–Kier alpha value is -1.59. The maximum Gasteiger partial charge on any atom is 0.306 e. The first-order valence-electron chi connectivity index (χ1n) is 25.9. The minimum atomic E-state index is -0.759. The average Bonchev–Trinajstić information content (AvgIpc) is 3.21. The smallest absolute Gasteiger partial charge is 0.306 e. The van der Waals surface area contributed by atoms with Crippen LogP contribution in [0.2, 0.25) is 0 Å². The van der Waals surface area contributed by atoms with Crippen LogP contribution < -0.4 is 0 Å². The summed E-state index contributed by atoms with van der Waals surface area (Å²) in [6.07, 6.45) is 48.0. The highest BCUT2D eigenvalue weighted by Gasteiger charge is 2.19. The minimum Gasteiger partial charge on any atom is -0.462 e. The summed E-state index contributed by atoms with van der Waals surface area (Å²) in [5.74, 6) is -0.0132. The van der Waals surface area contributed by atoms with Crippen molar-refractivity contribution in [1.29, 1.82) is 0 Å². The first-order valence-corrected chi connectivity index (χ1v) is 25.9. The summed E-state index contributed by atoms with van der Waals surface area (Å²) in [7, 11) is 0. The summed E-state index contributed by atoms with van der Waals surface area (Å²) >= 11 is 0. The molecule has 0 fully saturated rings. The molecule has 0 aromatic rings. The van der Waals surface area contributed by atoms with Crippen LogP contribution in [-0.4, -0.2) is 37.2 Å². The van der Waals surface area contributed by atoms with E-state index < -0.39 is 6.10 Å². The zero-order valence-electron chi connectivity index (χ0n) is 39.5. The van der Waals surface area contributed by atoms with Gasteiger partial charge < -0.3 is 14.2 Å². The highest BCUT2D eigenvalue weighted by Crippen LogP contribution is 2.17. The van der Waals surface area contributed by atoms with Crippen molar-refractivity contribution in [3.05, 3.63) is 0 Å². The number of carbonyl (C=O) groups is 3. The zero-order valence-corrected chi connectivity index (χ0v) is 39.5. The SMILES string of the molecule is CCCCCCCCCCCCCCCCCCC(=O)OC[C@H](COC(=O)CCCCCCCCCCCCCCC(C)C)OC(=O)CCCCCCCCCCC. The van der Waals surface area contributed by atoms with Crippen molar-refractivity contribution in [3.8, 4) is 0 Å². The van der Waals surface area contributed by atoms with Gasteiger partial charge in [-0.2, -0.15) is 0 Å². The lowest BCUT2D eigenvalue weighted by molar-refractivity contribution is -0.167. The summed E-state index contributed by atoms with van der Waals surface area (Å²) in [5.41, 5.74) is 0. The second-order valence-corrected chi connectivity index (χ2v) is 18.3. The fraction of sp³-hybridized carbons (Fsp3) is 0.942. The molecule has 0 spiro atoms. The minimum absolute atomic E-state index is 0.0629. The third-order valence-electron chi connectivity index (χ3n) is 11.8. The van der Waals surface area contributed by atoms with E-state index in [-0.39, 0.29) is 31.1 Å². The molecule has 0 heterocycles. The van der Waals surface area contributed by atoms with Gasteiger partial charge in [0.15, 0.2) is 6.10 Å². The van der Waals surface area contributed by atoms with Crippen LogP contribution in [0.1, 0.15) is 291 Å². The monoisotopic (exact) mass is 821 g/mol. The molecule has 6 nitrogen and oxygen atoms in total. The van der Waals surface area contributed by atoms with Gasteiger partial charge in [-0.1, -0.05) is 252 Å². The first-order chi connectivity index (χ1) is 28.4. The van der Waals surface area contributed by atoms with Gasteiger partial charge in [-0.05, 0) is 25.2 Å². The van der Waals surface area contributed by atoms with Crippen LogP contribution in [0.3, 0.4) is 0 Å². The van der Waals surface area contributed by atoms with Crippen molar-refractivity contribution < 1.29 is 28.6 Å². The van der Waals surface area contributed by atoms with E-state index >= 15 is 0 Å². The van der Waals surface area contributed by atoms with E-state index in [0.29, 0.717) is 19.3 Å². The molecule has 344 valence electrons. The molecule has 1 atom stereocenters. The predicted molar refractivity (Wildman–Crippen MR) is 247 cm³/mol. The Morgan fingerprint density at radius 3 is 0.845 bits per heavy atom. The fourth-order valence-electron chi connectivity index (χ4n) is 7.86. The molecule has 6 heteroatoms. The molecule has 0 amide bonds. The number of rotatable bonds is 47. The fourth-order valence-corrected chi connectivity index (χ4v) is 7.86. The highest BCUT2D eigenvalue weighted by atomic mass is 16.6. The summed E-state index contributed by atoms with van der Waals surface area (Å²) in [4.78, 5) is 37.9. The topological polar surface area (TPSA) is 78.9 Å². The second kappa shape index (κ2) is 46.5. The number of ether oxygens (including phenoxy) is 3. The molecule has 0 aliphatic carbocycles. The van der Waals surface area contributed by atoms with Gasteiger partial charge in [-0.15, -0.1) is 0 Å². The summed E-state index contributed by atoms with van der Waals surface area (Å²) in [5, 5.41) is 0. The van der Waals surface area contributed by atoms with Gasteiger partial charge >= 0.3 is 17.9 Å². The molecule has 58 heavy (non-hydrogen) atoms. The molecule has 0 aromatic heterocycles. The van der Waals surface area contributed by atoms with Crippen LogP contribution in [0.4, 0.5) is 0 Å². The largest absolute Gasteiger partial charge is 0.462 e. The van der Waals surface area contributed by atoms with E-state index in [4.69, 9.17) is 14.2 Å². The van der Waals surface area contributed by atoms with Crippen molar-refractivity contribution >= 4 is 17.9 Å². The van der Waals surface area contributed by atoms with Gasteiger partial charge in [0.1, 0.15) is 13.2 Å². The van der Waals surface area contributed by atoms with Gasteiger partial charge in [-0.25, -0.2) is 0 Å². The quantitative estimate of drug-likeness (QED) is 0.0346. The maximum absolute atomic E-state index is 12.7. The summed E-state index contributed by atoms with van der Waals surface area (Å²) in [6.45, 7) is 9.01. The Bertz CT molecular complexity index is 872. The van der Waals surface area contributed by atoms with E-state index in [1.165, 1.54) is 186 Å². The van der Waals surface area contributed by atoms with Crippen molar-refractivity contribution in [1.82, 2.24) is 0 Å². The van der Waals surface area contributed by atoms with E-state index in [2.05, 4.69) is 27.7 Å². The zero-order chi connectivity index (χ0) is 42.4. The van der Waals surface area contributed by atoms with Crippen LogP contribution in [0.15, 0.2) is 0 Å². The number of esters is 3. The van der Waals surface area contributed by atoms with Crippen molar-refractivity contribution in [3.63, 3.8) is 0 Å². The second-order valence-electron chi connectivity index (χ2n) is 18.3. The van der Waals surface area contributed by atoms with Crippen molar-refractivity contribution in [2.75, 3.05) is 13.2 Å². The van der Waals surface area contributed by atoms with Crippen LogP contribution in [0.25, 0.3) is 0 Å². The standard InChI is InChI=1S/C52H100O6/c1-5-7-9-11-13-15-16-17-18-19-20-24-28-31-35-39-43-50(53)56-46-49(58-52(55)45-41-37-33-26-14-12-10-8-6-2)47-57-51(54)44-40-36-32-29-25-22-21-23-27-30-34-38-42-48(3)4/h48-49H,5-47H2,1-4H3/t49-/m1/s1. The maximum atomic E-state index is 12.7. The molecule has 0 saturated heterocycles. The molecular formula is C52H100O6. The molecular weight excluding hydrogens is 721 g/mol. The first kappa shape index (κ1) is 56.4. The van der Waals surface area contributed by atoms with E-state index in [9.17, 15) is 14.4 Å². The van der Waals surface area contributed by atoms with E-state index in [1.54, 1.807) is 0 Å².